The third-order valence-electron chi connectivity index (χ3n) is 4.69. The van der Waals surface area contributed by atoms with Crippen LogP contribution in [0.15, 0.2) is 24.3 Å². The minimum Gasteiger partial charge on any atom is -0.353 e. The van der Waals surface area contributed by atoms with Gasteiger partial charge in [0.2, 0.25) is 5.91 Å². The molecule has 2 fully saturated rings. The van der Waals surface area contributed by atoms with Crippen molar-refractivity contribution in [3.8, 4) is 0 Å². The summed E-state index contributed by atoms with van der Waals surface area (Å²) < 4.78 is 13.0. The zero-order valence-electron chi connectivity index (χ0n) is 12.0. The molecule has 1 amide bonds. The van der Waals surface area contributed by atoms with Gasteiger partial charge in [0.05, 0.1) is 5.41 Å². The smallest absolute Gasteiger partial charge is 0.230 e. The van der Waals surface area contributed by atoms with Crippen LogP contribution < -0.4 is 11.1 Å². The topological polar surface area (TPSA) is 55.1 Å². The molecule has 0 spiro atoms. The first-order valence-corrected chi connectivity index (χ1v) is 7.43. The Hall–Kier alpha value is -1.13. The maximum absolute atomic E-state index is 13.0. The van der Waals surface area contributed by atoms with E-state index in [-0.39, 0.29) is 36.2 Å². The number of hydrogen-bond donors (Lipinski definition) is 2. The van der Waals surface area contributed by atoms with Crippen LogP contribution in [0.1, 0.15) is 44.1 Å². The fourth-order valence-corrected chi connectivity index (χ4v) is 3.13. The van der Waals surface area contributed by atoms with E-state index >= 15 is 0 Å². The molecule has 1 aromatic rings. The van der Waals surface area contributed by atoms with E-state index < -0.39 is 5.41 Å². The molecule has 21 heavy (non-hydrogen) atoms. The number of nitrogens with one attached hydrogen (secondary N) is 1. The number of hydrogen-bond acceptors (Lipinski definition) is 2. The highest BCUT2D eigenvalue weighted by Gasteiger charge is 2.51. The minimum absolute atomic E-state index is 0. The van der Waals surface area contributed by atoms with E-state index in [2.05, 4.69) is 5.32 Å². The number of rotatable bonds is 3. The molecule has 0 bridgehead atoms. The van der Waals surface area contributed by atoms with Crippen molar-refractivity contribution in [2.24, 2.45) is 5.73 Å². The van der Waals surface area contributed by atoms with Crippen molar-refractivity contribution < 1.29 is 9.18 Å². The highest BCUT2D eigenvalue weighted by atomic mass is 35.5. The normalized spacial score (nSPS) is 26.6. The summed E-state index contributed by atoms with van der Waals surface area (Å²) in [5, 5.41) is 3.17. The van der Waals surface area contributed by atoms with Gasteiger partial charge in [0.25, 0.3) is 0 Å². The first kappa shape index (κ1) is 16.2. The Morgan fingerprint density at radius 1 is 1.14 bits per heavy atom. The second-order valence-electron chi connectivity index (χ2n) is 6.17. The summed E-state index contributed by atoms with van der Waals surface area (Å²) >= 11 is 0. The lowest BCUT2D eigenvalue weighted by molar-refractivity contribution is -0.124. The molecule has 0 atom stereocenters. The Labute approximate surface area is 130 Å². The molecular formula is C16H22ClFN2O. The number of nitrogens with two attached hydrogens (primary N) is 1. The largest absolute Gasteiger partial charge is 0.353 e. The zero-order chi connectivity index (χ0) is 14.2. The van der Waals surface area contributed by atoms with E-state index in [1.165, 1.54) is 12.1 Å². The van der Waals surface area contributed by atoms with Crippen LogP contribution in [0.5, 0.6) is 0 Å². The van der Waals surface area contributed by atoms with Gasteiger partial charge in [-0.15, -0.1) is 12.4 Å². The maximum Gasteiger partial charge on any atom is 0.230 e. The number of amides is 1. The lowest BCUT2D eigenvalue weighted by Crippen LogP contribution is -2.44. The summed E-state index contributed by atoms with van der Waals surface area (Å²) in [7, 11) is 0. The summed E-state index contributed by atoms with van der Waals surface area (Å²) in [6.07, 6.45) is 5.61. The number of carbonyl (C=O) groups is 1. The van der Waals surface area contributed by atoms with Gasteiger partial charge >= 0.3 is 0 Å². The molecule has 116 valence electrons. The molecule has 0 heterocycles. The van der Waals surface area contributed by atoms with Gasteiger partial charge in [-0.05, 0) is 56.2 Å². The van der Waals surface area contributed by atoms with Crippen LogP contribution in [0, 0.1) is 5.82 Å². The first-order chi connectivity index (χ1) is 9.60. The van der Waals surface area contributed by atoms with E-state index in [0.717, 1.165) is 44.1 Å². The van der Waals surface area contributed by atoms with E-state index in [1.807, 2.05) is 0 Å². The van der Waals surface area contributed by atoms with Gasteiger partial charge in [0.15, 0.2) is 0 Å². The summed E-state index contributed by atoms with van der Waals surface area (Å²) in [5.41, 5.74) is 6.41. The van der Waals surface area contributed by atoms with E-state index in [9.17, 15) is 9.18 Å². The molecule has 3 rings (SSSR count). The third-order valence-corrected chi connectivity index (χ3v) is 4.69. The highest BCUT2D eigenvalue weighted by Crippen LogP contribution is 2.48. The van der Waals surface area contributed by atoms with Crippen molar-refractivity contribution in [3.63, 3.8) is 0 Å². The average molecular weight is 313 g/mol. The van der Waals surface area contributed by atoms with Crippen molar-refractivity contribution in [2.45, 2.75) is 56.0 Å². The molecule has 5 heteroatoms. The molecule has 0 unspecified atom stereocenters. The van der Waals surface area contributed by atoms with Crippen molar-refractivity contribution in [3.05, 3.63) is 35.6 Å². The molecule has 0 aromatic heterocycles. The van der Waals surface area contributed by atoms with Crippen LogP contribution in [0.25, 0.3) is 0 Å². The second-order valence-corrected chi connectivity index (χ2v) is 6.17. The first-order valence-electron chi connectivity index (χ1n) is 7.43. The van der Waals surface area contributed by atoms with Crippen LogP contribution in [0.2, 0.25) is 0 Å². The maximum atomic E-state index is 13.0. The lowest BCUT2D eigenvalue weighted by atomic mass is 9.90. The molecule has 3 nitrogen and oxygen atoms in total. The van der Waals surface area contributed by atoms with Crippen molar-refractivity contribution in [1.82, 2.24) is 5.32 Å². The average Bonchev–Trinajstić information content (AvgIpc) is 3.24. The van der Waals surface area contributed by atoms with E-state index in [1.54, 1.807) is 12.1 Å². The van der Waals surface area contributed by atoms with E-state index in [4.69, 9.17) is 5.73 Å². The molecular weight excluding hydrogens is 291 g/mol. The van der Waals surface area contributed by atoms with Gasteiger partial charge in [-0.3, -0.25) is 4.79 Å². The van der Waals surface area contributed by atoms with Crippen molar-refractivity contribution >= 4 is 18.3 Å². The zero-order valence-corrected chi connectivity index (χ0v) is 12.8. The number of benzene rings is 1. The number of carbonyl (C=O) groups excluding carboxylic acids is 1. The van der Waals surface area contributed by atoms with Crippen LogP contribution in [-0.4, -0.2) is 18.0 Å². The molecule has 3 N–H and O–H groups in total. The highest BCUT2D eigenvalue weighted by molar-refractivity contribution is 5.91. The van der Waals surface area contributed by atoms with Crippen molar-refractivity contribution in [2.75, 3.05) is 0 Å². The molecule has 0 saturated heterocycles. The standard InChI is InChI=1S/C16H21FN2O.ClH/c17-12-3-1-11(2-4-12)16(9-10-16)15(20)19-14-7-5-13(18)6-8-14;/h1-4,13-14H,5-10,18H2,(H,19,20);1H. The predicted molar refractivity (Wildman–Crippen MR) is 82.9 cm³/mol. The Kier molecular flexibility index (Phi) is 4.89. The molecule has 0 aliphatic heterocycles. The SMILES string of the molecule is Cl.NC1CCC(NC(=O)C2(c3ccc(F)cc3)CC2)CC1. The van der Waals surface area contributed by atoms with Gasteiger partial charge < -0.3 is 11.1 Å². The summed E-state index contributed by atoms with van der Waals surface area (Å²) in [6, 6.07) is 6.87. The molecule has 1 aromatic carbocycles. The number of halogens is 2. The molecule has 2 aliphatic rings. The van der Waals surface area contributed by atoms with Crippen molar-refractivity contribution in [1.29, 1.82) is 0 Å². The summed E-state index contributed by atoms with van der Waals surface area (Å²) in [6.45, 7) is 0. The Morgan fingerprint density at radius 3 is 2.24 bits per heavy atom. The quantitative estimate of drug-likeness (QED) is 0.901. The van der Waals surface area contributed by atoms with Gasteiger partial charge in [0, 0.05) is 12.1 Å². The molecule has 2 aliphatic carbocycles. The van der Waals surface area contributed by atoms with Gasteiger partial charge in [-0.2, -0.15) is 0 Å². The minimum atomic E-state index is -0.409. The Bertz CT molecular complexity index is 494. The Balaban J connectivity index is 0.00000161. The monoisotopic (exact) mass is 312 g/mol. The van der Waals surface area contributed by atoms with Crippen LogP contribution in [0.4, 0.5) is 4.39 Å². The summed E-state index contributed by atoms with van der Waals surface area (Å²) in [4.78, 5) is 12.5. The van der Waals surface area contributed by atoms with Crippen LogP contribution in [-0.2, 0) is 10.2 Å². The van der Waals surface area contributed by atoms with Crippen LogP contribution in [0.3, 0.4) is 0 Å². The van der Waals surface area contributed by atoms with Gasteiger partial charge in [-0.1, -0.05) is 12.1 Å². The third kappa shape index (κ3) is 3.38. The molecule has 2 saturated carbocycles. The second kappa shape index (κ2) is 6.32. The van der Waals surface area contributed by atoms with Gasteiger partial charge in [-0.25, -0.2) is 4.39 Å². The van der Waals surface area contributed by atoms with Gasteiger partial charge in [0.1, 0.15) is 5.82 Å². The van der Waals surface area contributed by atoms with Crippen LogP contribution >= 0.6 is 12.4 Å². The predicted octanol–water partition coefficient (Wildman–Crippen LogP) is 2.67. The fourth-order valence-electron chi connectivity index (χ4n) is 3.13. The summed E-state index contributed by atoms with van der Waals surface area (Å²) in [5.74, 6) is -0.157. The van der Waals surface area contributed by atoms with E-state index in [0.29, 0.717) is 0 Å². The lowest BCUT2D eigenvalue weighted by Gasteiger charge is -2.28. The fraction of sp³-hybridized carbons (Fsp3) is 0.562. The Morgan fingerprint density at radius 2 is 1.71 bits per heavy atom. The molecule has 0 radical (unpaired) electrons.